The van der Waals surface area contributed by atoms with E-state index in [4.69, 9.17) is 4.74 Å². The second-order valence-electron chi connectivity index (χ2n) is 8.43. The van der Waals surface area contributed by atoms with Crippen molar-refractivity contribution in [3.05, 3.63) is 29.8 Å². The third kappa shape index (κ3) is 11.5. The van der Waals surface area contributed by atoms with E-state index in [1.54, 1.807) is 25.7 Å². The number of benzene rings is 1. The standard InChI is InChI=1S/C21H33F3N4O3/c1-20(2,3)31-19(30)25-12-6-14-28(15-7-13-27(4)5)18(29)26-17-10-8-16(9-11-17)21(22,23)24/h8-11H,6-7,12-15H2,1-5H3,(H,25,30)(H,26,29). The summed E-state index contributed by atoms with van der Waals surface area (Å²) in [6.45, 7) is 7.25. The van der Waals surface area contributed by atoms with Gasteiger partial charge >= 0.3 is 18.3 Å². The van der Waals surface area contributed by atoms with Crippen LogP contribution in [-0.4, -0.2) is 67.8 Å². The van der Waals surface area contributed by atoms with Gasteiger partial charge in [-0.2, -0.15) is 13.2 Å². The van der Waals surface area contributed by atoms with Gasteiger partial charge in [-0.1, -0.05) is 0 Å². The van der Waals surface area contributed by atoms with Gasteiger partial charge in [0.1, 0.15) is 5.60 Å². The molecule has 1 aromatic carbocycles. The first-order valence-electron chi connectivity index (χ1n) is 10.1. The summed E-state index contributed by atoms with van der Waals surface area (Å²) in [6, 6.07) is 3.90. The molecule has 10 heteroatoms. The molecule has 0 aliphatic rings. The van der Waals surface area contributed by atoms with Gasteiger partial charge in [0.25, 0.3) is 0 Å². The van der Waals surface area contributed by atoms with Crippen LogP contribution in [-0.2, 0) is 10.9 Å². The van der Waals surface area contributed by atoms with Crippen LogP contribution in [0.2, 0.25) is 0 Å². The average Bonchev–Trinajstić information content (AvgIpc) is 2.61. The Morgan fingerprint density at radius 2 is 1.55 bits per heavy atom. The van der Waals surface area contributed by atoms with Gasteiger partial charge in [-0.15, -0.1) is 0 Å². The number of anilines is 1. The number of urea groups is 1. The van der Waals surface area contributed by atoms with Gasteiger partial charge in [0.05, 0.1) is 5.56 Å². The van der Waals surface area contributed by atoms with E-state index in [1.807, 2.05) is 19.0 Å². The lowest BCUT2D eigenvalue weighted by atomic mass is 10.2. The zero-order valence-corrected chi connectivity index (χ0v) is 18.8. The van der Waals surface area contributed by atoms with Crippen molar-refractivity contribution in [1.29, 1.82) is 0 Å². The maximum atomic E-state index is 12.7. The maximum absolute atomic E-state index is 12.7. The number of rotatable bonds is 9. The number of carbonyl (C=O) groups excluding carboxylic acids is 2. The van der Waals surface area contributed by atoms with Crippen LogP contribution in [0.4, 0.5) is 28.4 Å². The van der Waals surface area contributed by atoms with Crippen molar-refractivity contribution >= 4 is 17.8 Å². The Bertz CT molecular complexity index is 701. The van der Waals surface area contributed by atoms with Gasteiger partial charge in [-0.05, 0) is 78.5 Å². The second-order valence-corrected chi connectivity index (χ2v) is 8.43. The minimum atomic E-state index is -4.43. The quantitative estimate of drug-likeness (QED) is 0.552. The van der Waals surface area contributed by atoms with E-state index in [-0.39, 0.29) is 5.69 Å². The molecule has 0 saturated heterocycles. The summed E-state index contributed by atoms with van der Waals surface area (Å²) in [5.41, 5.74) is -1.09. The lowest BCUT2D eigenvalue weighted by Crippen LogP contribution is -2.39. The maximum Gasteiger partial charge on any atom is 0.416 e. The van der Waals surface area contributed by atoms with Gasteiger partial charge < -0.3 is 25.2 Å². The first-order valence-corrected chi connectivity index (χ1v) is 10.1. The van der Waals surface area contributed by atoms with Crippen molar-refractivity contribution in [3.63, 3.8) is 0 Å². The minimum Gasteiger partial charge on any atom is -0.444 e. The van der Waals surface area contributed by atoms with Crippen molar-refractivity contribution in [2.24, 2.45) is 0 Å². The third-order valence-electron chi connectivity index (χ3n) is 4.06. The first kappa shape index (κ1) is 26.5. The number of halogens is 3. The molecule has 3 amide bonds. The molecule has 0 bridgehead atoms. The zero-order valence-electron chi connectivity index (χ0n) is 18.8. The van der Waals surface area contributed by atoms with Crippen LogP contribution in [0.3, 0.4) is 0 Å². The van der Waals surface area contributed by atoms with Crippen LogP contribution in [0.25, 0.3) is 0 Å². The molecule has 1 aromatic rings. The largest absolute Gasteiger partial charge is 0.444 e. The Morgan fingerprint density at radius 3 is 2.06 bits per heavy atom. The van der Waals surface area contributed by atoms with E-state index >= 15 is 0 Å². The van der Waals surface area contributed by atoms with Gasteiger partial charge in [0.15, 0.2) is 0 Å². The highest BCUT2D eigenvalue weighted by Gasteiger charge is 2.30. The molecule has 0 saturated carbocycles. The predicted octanol–water partition coefficient (Wildman–Crippen LogP) is 4.41. The number of carbonyl (C=O) groups is 2. The van der Waals surface area contributed by atoms with Crippen LogP contribution in [0.15, 0.2) is 24.3 Å². The molecular formula is C21H33F3N4O3. The molecule has 31 heavy (non-hydrogen) atoms. The molecular weight excluding hydrogens is 413 g/mol. The smallest absolute Gasteiger partial charge is 0.416 e. The Balaban J connectivity index is 2.62. The minimum absolute atomic E-state index is 0.280. The highest BCUT2D eigenvalue weighted by molar-refractivity contribution is 5.89. The van der Waals surface area contributed by atoms with E-state index in [0.29, 0.717) is 26.1 Å². The summed E-state index contributed by atoms with van der Waals surface area (Å²) < 4.78 is 43.3. The Labute approximate surface area is 181 Å². The molecule has 7 nitrogen and oxygen atoms in total. The van der Waals surface area contributed by atoms with Crippen LogP contribution in [0, 0.1) is 0 Å². The number of hydrogen-bond donors (Lipinski definition) is 2. The summed E-state index contributed by atoms with van der Waals surface area (Å²) in [5, 5.41) is 5.28. The third-order valence-corrected chi connectivity index (χ3v) is 4.06. The van der Waals surface area contributed by atoms with Gasteiger partial charge in [0, 0.05) is 25.3 Å². The lowest BCUT2D eigenvalue weighted by Gasteiger charge is -2.24. The molecule has 0 unspecified atom stereocenters. The fraction of sp³-hybridized carbons (Fsp3) is 0.619. The predicted molar refractivity (Wildman–Crippen MR) is 114 cm³/mol. The van der Waals surface area contributed by atoms with E-state index in [1.165, 1.54) is 12.1 Å². The summed E-state index contributed by atoms with van der Waals surface area (Å²) >= 11 is 0. The summed E-state index contributed by atoms with van der Waals surface area (Å²) in [4.78, 5) is 27.9. The average molecular weight is 447 g/mol. The van der Waals surface area contributed by atoms with Crippen molar-refractivity contribution in [2.45, 2.75) is 45.4 Å². The molecule has 0 fully saturated rings. The molecule has 0 aliphatic heterocycles. The van der Waals surface area contributed by atoms with E-state index < -0.39 is 29.5 Å². The Hall–Kier alpha value is -2.49. The van der Waals surface area contributed by atoms with Crippen LogP contribution < -0.4 is 10.6 Å². The number of amides is 3. The molecule has 0 aromatic heterocycles. The SMILES string of the molecule is CN(C)CCCN(CCCNC(=O)OC(C)(C)C)C(=O)Nc1ccc(C(F)(F)F)cc1. The fourth-order valence-corrected chi connectivity index (χ4v) is 2.61. The van der Waals surface area contributed by atoms with Gasteiger partial charge in [-0.25, -0.2) is 9.59 Å². The number of hydrogen-bond acceptors (Lipinski definition) is 4. The number of alkyl carbamates (subject to hydrolysis) is 1. The van der Waals surface area contributed by atoms with Crippen LogP contribution in [0.1, 0.15) is 39.2 Å². The van der Waals surface area contributed by atoms with Gasteiger partial charge in [-0.3, -0.25) is 0 Å². The van der Waals surface area contributed by atoms with Crippen molar-refractivity contribution in [2.75, 3.05) is 45.6 Å². The molecule has 0 radical (unpaired) electrons. The molecule has 0 aliphatic carbocycles. The number of nitrogens with one attached hydrogen (secondary N) is 2. The van der Waals surface area contributed by atoms with Gasteiger partial charge in [0.2, 0.25) is 0 Å². The molecule has 2 N–H and O–H groups in total. The lowest BCUT2D eigenvalue weighted by molar-refractivity contribution is -0.137. The van der Waals surface area contributed by atoms with E-state index in [0.717, 1.165) is 25.1 Å². The second kappa shape index (κ2) is 11.8. The van der Waals surface area contributed by atoms with Crippen molar-refractivity contribution in [3.8, 4) is 0 Å². The zero-order chi connectivity index (χ0) is 23.7. The summed E-state index contributed by atoms with van der Waals surface area (Å²) in [7, 11) is 3.86. The summed E-state index contributed by atoms with van der Waals surface area (Å²) in [5.74, 6) is 0. The number of nitrogens with zero attached hydrogens (tertiary/aromatic N) is 2. The highest BCUT2D eigenvalue weighted by atomic mass is 19.4. The molecule has 1 rings (SSSR count). The fourth-order valence-electron chi connectivity index (χ4n) is 2.61. The molecule has 0 atom stereocenters. The monoisotopic (exact) mass is 446 g/mol. The first-order chi connectivity index (χ1) is 14.3. The normalized spacial score (nSPS) is 11.9. The molecule has 0 spiro atoms. The highest BCUT2D eigenvalue weighted by Crippen LogP contribution is 2.29. The van der Waals surface area contributed by atoms with Crippen LogP contribution in [0.5, 0.6) is 0 Å². The van der Waals surface area contributed by atoms with Crippen molar-refractivity contribution in [1.82, 2.24) is 15.1 Å². The number of alkyl halides is 3. The van der Waals surface area contributed by atoms with Crippen molar-refractivity contribution < 1.29 is 27.5 Å². The van der Waals surface area contributed by atoms with E-state index in [2.05, 4.69) is 10.6 Å². The molecule has 0 heterocycles. The molecule has 176 valence electrons. The topological polar surface area (TPSA) is 73.9 Å². The van der Waals surface area contributed by atoms with Crippen LogP contribution >= 0.6 is 0 Å². The Morgan fingerprint density at radius 1 is 0.968 bits per heavy atom. The summed E-state index contributed by atoms with van der Waals surface area (Å²) in [6.07, 6.45) is -3.72. The Kier molecular flexibility index (Phi) is 10.1. The number of ether oxygens (including phenoxy) is 1. The van der Waals surface area contributed by atoms with E-state index in [9.17, 15) is 22.8 Å².